The Hall–Kier alpha value is -2.95. The van der Waals surface area contributed by atoms with Gasteiger partial charge in [0.15, 0.2) is 5.82 Å². The first-order valence-electron chi connectivity index (χ1n) is 13.9. The van der Waals surface area contributed by atoms with Crippen LogP contribution in [0.15, 0.2) is 42.6 Å². The van der Waals surface area contributed by atoms with Gasteiger partial charge >= 0.3 is 0 Å². The van der Waals surface area contributed by atoms with Gasteiger partial charge < -0.3 is 19.9 Å². The molecule has 40 heavy (non-hydrogen) atoms. The molecule has 1 aromatic heterocycles. The van der Waals surface area contributed by atoms with Crippen LogP contribution in [0.25, 0.3) is 0 Å². The molecule has 2 unspecified atom stereocenters. The molecule has 2 bridgehead atoms. The third kappa shape index (κ3) is 5.62. The zero-order chi connectivity index (χ0) is 27.9. The maximum Gasteiger partial charge on any atom is 0.229 e. The third-order valence-electron chi connectivity index (χ3n) is 8.38. The number of hydrogen-bond donors (Lipinski definition) is 2. The number of halogens is 1. The minimum Gasteiger partial charge on any atom is -0.378 e. The average molecular weight is 577 g/mol. The van der Waals surface area contributed by atoms with E-state index >= 15 is 0 Å². The van der Waals surface area contributed by atoms with Crippen LogP contribution in [0.5, 0.6) is 0 Å². The summed E-state index contributed by atoms with van der Waals surface area (Å²) in [6.07, 6.45) is 8.59. The second-order valence-electron chi connectivity index (χ2n) is 11.4. The number of nitriles is 1. The van der Waals surface area contributed by atoms with E-state index in [2.05, 4.69) is 49.8 Å². The molecule has 0 amide bonds. The number of nitrogens with one attached hydrogen (secondary N) is 2. The summed E-state index contributed by atoms with van der Waals surface area (Å²) >= 11 is 6.44. The van der Waals surface area contributed by atoms with Gasteiger partial charge in [-0.1, -0.05) is 17.7 Å². The summed E-state index contributed by atoms with van der Waals surface area (Å²) in [5.41, 5.74) is 4.79. The summed E-state index contributed by atoms with van der Waals surface area (Å²) in [6.45, 7) is 5.12. The first-order chi connectivity index (χ1) is 19.3. The van der Waals surface area contributed by atoms with Crippen LogP contribution in [0.4, 0.5) is 23.1 Å². The Balaban J connectivity index is 1.18. The van der Waals surface area contributed by atoms with Crippen molar-refractivity contribution in [2.24, 2.45) is 0 Å². The number of morpholine rings is 1. The largest absolute Gasteiger partial charge is 0.378 e. The Morgan fingerprint density at radius 1 is 1.00 bits per heavy atom. The monoisotopic (exact) mass is 576 g/mol. The molecule has 2 aromatic carbocycles. The van der Waals surface area contributed by atoms with Crippen molar-refractivity contribution >= 4 is 47.2 Å². The first-order valence-corrected chi connectivity index (χ1v) is 16.9. The van der Waals surface area contributed by atoms with Gasteiger partial charge in [-0.05, 0) is 93.3 Å². The van der Waals surface area contributed by atoms with Gasteiger partial charge in [-0.15, -0.1) is 0 Å². The Kier molecular flexibility index (Phi) is 7.58. The van der Waals surface area contributed by atoms with Crippen LogP contribution in [0.3, 0.4) is 0 Å². The quantitative estimate of drug-likeness (QED) is 0.278. The summed E-state index contributed by atoms with van der Waals surface area (Å²) in [5.74, 6) is 0.811. The Morgan fingerprint density at radius 3 is 2.48 bits per heavy atom. The highest BCUT2D eigenvalue weighted by atomic mass is 35.5. The molecule has 10 heteroatoms. The second kappa shape index (κ2) is 11.1. The van der Waals surface area contributed by atoms with Gasteiger partial charge in [0, 0.05) is 29.1 Å². The molecule has 0 radical (unpaired) electrons. The van der Waals surface area contributed by atoms with E-state index in [1.807, 2.05) is 0 Å². The Morgan fingerprint density at radius 2 is 1.75 bits per heavy atom. The molecule has 3 heterocycles. The van der Waals surface area contributed by atoms with E-state index in [1.54, 1.807) is 37.7 Å². The molecular formula is C30H34ClN6O2P. The molecule has 2 aliphatic heterocycles. The van der Waals surface area contributed by atoms with Crippen LogP contribution in [-0.2, 0) is 22.1 Å². The highest BCUT2D eigenvalue weighted by molar-refractivity contribution is 7.70. The molecule has 1 aliphatic carbocycles. The highest BCUT2D eigenvalue weighted by Crippen LogP contribution is 2.39. The molecule has 6 rings (SSSR count). The molecule has 0 saturated carbocycles. The molecule has 0 spiro atoms. The van der Waals surface area contributed by atoms with Crippen molar-refractivity contribution in [1.82, 2.24) is 14.9 Å². The van der Waals surface area contributed by atoms with E-state index < -0.39 is 7.14 Å². The molecule has 3 atom stereocenters. The topological polar surface area (TPSA) is 103 Å². The fraction of sp³-hybridized carbons (Fsp3) is 0.433. The third-order valence-corrected chi connectivity index (χ3v) is 10.2. The van der Waals surface area contributed by atoms with Gasteiger partial charge in [0.25, 0.3) is 0 Å². The molecule has 2 fully saturated rings. The number of aromatic nitrogens is 2. The van der Waals surface area contributed by atoms with Gasteiger partial charge in [0.05, 0.1) is 36.7 Å². The summed E-state index contributed by atoms with van der Waals surface area (Å²) in [4.78, 5) is 11.8. The van der Waals surface area contributed by atoms with Crippen molar-refractivity contribution in [1.29, 1.82) is 5.26 Å². The number of nitrogens with zero attached hydrogens (tertiary/aromatic N) is 4. The summed E-state index contributed by atoms with van der Waals surface area (Å²) in [6, 6.07) is 15.5. The average Bonchev–Trinajstić information content (AvgIpc) is 3.08. The van der Waals surface area contributed by atoms with E-state index in [1.165, 1.54) is 36.8 Å². The minimum absolute atomic E-state index is 0.341. The maximum atomic E-state index is 12.9. The molecule has 8 nitrogen and oxygen atoms in total. The van der Waals surface area contributed by atoms with E-state index in [0.29, 0.717) is 51.5 Å². The predicted octanol–water partition coefficient (Wildman–Crippen LogP) is 5.85. The molecule has 3 aromatic rings. The van der Waals surface area contributed by atoms with Crippen LogP contribution in [-0.4, -0.2) is 59.5 Å². The van der Waals surface area contributed by atoms with Crippen LogP contribution in [0.2, 0.25) is 5.02 Å². The van der Waals surface area contributed by atoms with E-state index in [9.17, 15) is 9.83 Å². The van der Waals surface area contributed by atoms with Crippen molar-refractivity contribution in [3.8, 4) is 6.07 Å². The lowest BCUT2D eigenvalue weighted by atomic mass is 10.0. The molecular weight excluding hydrogens is 543 g/mol. The van der Waals surface area contributed by atoms with Gasteiger partial charge in [-0.3, -0.25) is 4.90 Å². The lowest BCUT2D eigenvalue weighted by Crippen LogP contribution is -2.51. The van der Waals surface area contributed by atoms with E-state index in [-0.39, 0.29) is 0 Å². The molecule has 2 saturated heterocycles. The fourth-order valence-corrected chi connectivity index (χ4v) is 7.75. The van der Waals surface area contributed by atoms with Crippen LogP contribution in [0.1, 0.15) is 42.4 Å². The van der Waals surface area contributed by atoms with Crippen molar-refractivity contribution in [3.05, 3.63) is 64.3 Å². The van der Waals surface area contributed by atoms with Gasteiger partial charge in [0.1, 0.15) is 12.2 Å². The zero-order valence-electron chi connectivity index (χ0n) is 22.9. The van der Waals surface area contributed by atoms with Crippen LogP contribution < -0.4 is 15.9 Å². The number of fused-ring (bicyclic) bond motifs is 3. The van der Waals surface area contributed by atoms with Gasteiger partial charge in [-0.25, -0.2) is 4.98 Å². The smallest absolute Gasteiger partial charge is 0.229 e. The first kappa shape index (κ1) is 27.2. The highest BCUT2D eigenvalue weighted by Gasteiger charge is 2.41. The molecule has 3 aliphatic rings. The summed E-state index contributed by atoms with van der Waals surface area (Å²) in [7, 11) is -2.67. The molecule has 2 N–H and O–H groups in total. The summed E-state index contributed by atoms with van der Waals surface area (Å²) in [5, 5.41) is 16.8. The number of hydrogen-bond acceptors (Lipinski definition) is 8. The van der Waals surface area contributed by atoms with Crippen molar-refractivity contribution in [2.45, 2.75) is 56.7 Å². The molecule has 208 valence electrons. The number of ether oxygens (including phenoxy) is 1. The van der Waals surface area contributed by atoms with Crippen LogP contribution >= 0.6 is 18.7 Å². The lowest BCUT2D eigenvalue weighted by molar-refractivity contribution is -0.0389. The Labute approximate surface area is 240 Å². The Bertz CT molecular complexity index is 1500. The van der Waals surface area contributed by atoms with E-state index in [0.717, 1.165) is 31.7 Å². The normalized spacial score (nSPS) is 22.7. The van der Waals surface area contributed by atoms with Gasteiger partial charge in [-0.2, -0.15) is 10.2 Å². The lowest BCUT2D eigenvalue weighted by Gasteiger charge is -2.40. The standard InChI is InChI=1S/C30H34ClN6O2P/c1-40(2,38)28-13-19(15-32)3-12-27(28)35-29-26(31)16-33-30(36-29)34-22-7-4-20-5-8-23(9-6-21(20)14-22)37-24-10-11-25(37)18-39-17-24/h3-4,7,12-14,16,23-25H,5-6,8-11,17-18H2,1-2H3,(H2,33,34,35,36)/t23-,24?,25?/m1/s1. The minimum atomic E-state index is -2.67. The number of anilines is 4. The number of benzene rings is 2. The van der Waals surface area contributed by atoms with Crippen LogP contribution in [0, 0.1) is 11.3 Å². The van der Waals surface area contributed by atoms with Crippen molar-refractivity contribution in [3.63, 3.8) is 0 Å². The second-order valence-corrected chi connectivity index (χ2v) is 15.0. The van der Waals surface area contributed by atoms with Crippen molar-refractivity contribution < 1.29 is 9.30 Å². The number of aryl methyl sites for hydroxylation is 2. The zero-order valence-corrected chi connectivity index (χ0v) is 24.5. The maximum absolute atomic E-state index is 12.9. The van der Waals surface area contributed by atoms with E-state index in [4.69, 9.17) is 16.3 Å². The predicted molar refractivity (Wildman–Crippen MR) is 160 cm³/mol. The SMILES string of the molecule is CP(C)(=O)c1cc(C#N)ccc1Nc1nc(Nc2ccc3c(c2)CC[C@H](N2C4CCC2COC4)CC3)ncc1Cl. The fourth-order valence-electron chi connectivity index (χ4n) is 6.45. The van der Waals surface area contributed by atoms with Crippen molar-refractivity contribution in [2.75, 3.05) is 37.2 Å². The van der Waals surface area contributed by atoms with Gasteiger partial charge in [0.2, 0.25) is 5.95 Å². The number of rotatable bonds is 6. The summed E-state index contributed by atoms with van der Waals surface area (Å²) < 4.78 is 18.8.